The van der Waals surface area contributed by atoms with Crippen LogP contribution in [-0.2, 0) is 0 Å². The molecule has 3 aromatic rings. The van der Waals surface area contributed by atoms with E-state index in [1.54, 1.807) is 24.3 Å². The summed E-state index contributed by atoms with van der Waals surface area (Å²) < 4.78 is 28.8. The maximum absolute atomic E-state index is 14.0. The molecule has 1 heterocycles. The largest absolute Gasteiger partial charge is 0.298 e. The molecule has 0 bridgehead atoms. The van der Waals surface area contributed by atoms with Crippen molar-refractivity contribution in [2.24, 2.45) is 0 Å². The summed E-state index contributed by atoms with van der Waals surface area (Å²) in [5.41, 5.74) is 0.803. The molecule has 0 unspecified atom stereocenters. The van der Waals surface area contributed by atoms with E-state index in [1.165, 1.54) is 10.7 Å². The Morgan fingerprint density at radius 3 is 2.57 bits per heavy atom. The van der Waals surface area contributed by atoms with E-state index < -0.39 is 11.6 Å². The van der Waals surface area contributed by atoms with Crippen molar-refractivity contribution in [2.45, 2.75) is 0 Å². The van der Waals surface area contributed by atoms with Gasteiger partial charge in [-0.3, -0.25) is 4.79 Å². The van der Waals surface area contributed by atoms with Crippen LogP contribution in [0.15, 0.2) is 47.1 Å². The first-order valence-corrected chi connectivity index (χ1v) is 7.64. The van der Waals surface area contributed by atoms with E-state index in [0.29, 0.717) is 21.6 Å². The molecule has 0 radical (unpaired) electrons. The lowest BCUT2D eigenvalue weighted by atomic mass is 10.1. The van der Waals surface area contributed by atoms with E-state index in [1.807, 2.05) is 0 Å². The summed E-state index contributed by atoms with van der Waals surface area (Å²) in [6.07, 6.45) is 0.558. The van der Waals surface area contributed by atoms with Gasteiger partial charge in [0.25, 0.3) is 0 Å². The van der Waals surface area contributed by atoms with Gasteiger partial charge in [-0.2, -0.15) is 5.10 Å². The quantitative estimate of drug-likeness (QED) is 0.580. The Kier molecular flexibility index (Phi) is 4.28. The van der Waals surface area contributed by atoms with Gasteiger partial charge in [-0.1, -0.05) is 23.7 Å². The van der Waals surface area contributed by atoms with Crippen molar-refractivity contribution < 1.29 is 13.6 Å². The molecule has 0 aliphatic heterocycles. The first kappa shape index (κ1) is 15.8. The second-order valence-electron chi connectivity index (χ2n) is 4.66. The van der Waals surface area contributed by atoms with Crippen LogP contribution in [0.4, 0.5) is 8.78 Å². The topological polar surface area (TPSA) is 34.9 Å². The van der Waals surface area contributed by atoms with E-state index in [0.717, 1.165) is 12.1 Å². The SMILES string of the molecule is O=Cc1c(-c2ccc(F)cc2F)nn(-c2ccccc2Cl)c1Br. The summed E-state index contributed by atoms with van der Waals surface area (Å²) >= 11 is 9.42. The highest BCUT2D eigenvalue weighted by atomic mass is 79.9. The van der Waals surface area contributed by atoms with Crippen LogP contribution in [0, 0.1) is 11.6 Å². The molecule has 0 fully saturated rings. The van der Waals surface area contributed by atoms with Crippen LogP contribution in [-0.4, -0.2) is 16.1 Å². The third kappa shape index (κ3) is 2.80. The Bertz CT molecular complexity index is 911. The van der Waals surface area contributed by atoms with Crippen LogP contribution in [0.2, 0.25) is 5.02 Å². The average molecular weight is 398 g/mol. The normalized spacial score (nSPS) is 10.8. The number of aromatic nitrogens is 2. The molecule has 0 saturated carbocycles. The zero-order valence-corrected chi connectivity index (χ0v) is 13.8. The number of para-hydroxylation sites is 1. The van der Waals surface area contributed by atoms with E-state index in [-0.39, 0.29) is 16.8 Å². The Morgan fingerprint density at radius 2 is 1.91 bits per heavy atom. The van der Waals surface area contributed by atoms with E-state index in [2.05, 4.69) is 21.0 Å². The molecule has 116 valence electrons. The second kappa shape index (κ2) is 6.22. The molecule has 3 rings (SSSR count). The fourth-order valence-corrected chi connectivity index (χ4v) is 2.94. The van der Waals surface area contributed by atoms with Gasteiger partial charge in [-0.25, -0.2) is 13.5 Å². The predicted molar refractivity (Wildman–Crippen MR) is 87.0 cm³/mol. The lowest BCUT2D eigenvalue weighted by molar-refractivity contribution is 0.112. The summed E-state index contributed by atoms with van der Waals surface area (Å²) in [7, 11) is 0. The molecule has 0 saturated heterocycles. The van der Waals surface area contributed by atoms with Crippen molar-refractivity contribution in [3.63, 3.8) is 0 Å². The predicted octanol–water partition coefficient (Wildman–Crippen LogP) is 5.05. The molecule has 7 heteroatoms. The maximum Gasteiger partial charge on any atom is 0.155 e. The molecule has 0 spiro atoms. The lowest BCUT2D eigenvalue weighted by Gasteiger charge is -2.05. The van der Waals surface area contributed by atoms with Crippen LogP contribution in [0.25, 0.3) is 16.9 Å². The third-order valence-corrected chi connectivity index (χ3v) is 4.33. The molecule has 1 aromatic heterocycles. The molecule has 0 atom stereocenters. The highest BCUT2D eigenvalue weighted by molar-refractivity contribution is 9.10. The van der Waals surface area contributed by atoms with E-state index in [9.17, 15) is 13.6 Å². The second-order valence-corrected chi connectivity index (χ2v) is 5.82. The fourth-order valence-electron chi connectivity index (χ4n) is 2.18. The van der Waals surface area contributed by atoms with E-state index in [4.69, 9.17) is 11.6 Å². The van der Waals surface area contributed by atoms with Crippen molar-refractivity contribution in [1.29, 1.82) is 0 Å². The fraction of sp³-hybridized carbons (Fsp3) is 0. The maximum atomic E-state index is 14.0. The highest BCUT2D eigenvalue weighted by Gasteiger charge is 2.21. The highest BCUT2D eigenvalue weighted by Crippen LogP contribution is 2.33. The molecular formula is C16H8BrClF2N2O. The number of rotatable bonds is 3. The minimum absolute atomic E-state index is 0.0278. The van der Waals surface area contributed by atoms with Crippen LogP contribution < -0.4 is 0 Å². The van der Waals surface area contributed by atoms with Gasteiger partial charge in [0, 0.05) is 11.6 Å². The zero-order chi connectivity index (χ0) is 16.6. The van der Waals surface area contributed by atoms with E-state index >= 15 is 0 Å². The van der Waals surface area contributed by atoms with Crippen LogP contribution in [0.5, 0.6) is 0 Å². The Balaban J connectivity index is 2.26. The number of carbonyl (C=O) groups is 1. The lowest BCUT2D eigenvalue weighted by Crippen LogP contribution is -1.98. The smallest absolute Gasteiger partial charge is 0.155 e. The molecule has 0 N–H and O–H groups in total. The first-order chi connectivity index (χ1) is 11.0. The van der Waals surface area contributed by atoms with Gasteiger partial charge in [0.1, 0.15) is 21.9 Å². The minimum Gasteiger partial charge on any atom is -0.298 e. The van der Waals surface area contributed by atoms with Crippen molar-refractivity contribution in [2.75, 3.05) is 0 Å². The Labute approximate surface area is 143 Å². The summed E-state index contributed by atoms with van der Waals surface area (Å²) in [4.78, 5) is 11.4. The van der Waals surface area contributed by atoms with Gasteiger partial charge in [0.05, 0.1) is 16.3 Å². The van der Waals surface area contributed by atoms with Crippen LogP contribution >= 0.6 is 27.5 Å². The Morgan fingerprint density at radius 1 is 1.17 bits per heavy atom. The molecule has 3 nitrogen and oxygen atoms in total. The minimum atomic E-state index is -0.801. The standard InChI is InChI=1S/C16H8BrClF2N2O/c17-16-11(8-23)15(10-6-5-9(19)7-13(10)20)21-22(16)14-4-2-1-3-12(14)18/h1-8H. The average Bonchev–Trinajstić information content (AvgIpc) is 2.84. The summed E-state index contributed by atoms with van der Waals surface area (Å²) in [5, 5.41) is 4.68. The molecular weight excluding hydrogens is 390 g/mol. The molecule has 23 heavy (non-hydrogen) atoms. The molecule has 0 aliphatic carbocycles. The Hall–Kier alpha value is -2.05. The number of benzene rings is 2. The van der Waals surface area contributed by atoms with Crippen molar-refractivity contribution in [3.8, 4) is 16.9 Å². The van der Waals surface area contributed by atoms with Gasteiger partial charge < -0.3 is 0 Å². The monoisotopic (exact) mass is 396 g/mol. The molecule has 2 aromatic carbocycles. The van der Waals surface area contributed by atoms with Gasteiger partial charge >= 0.3 is 0 Å². The van der Waals surface area contributed by atoms with Crippen molar-refractivity contribution >= 4 is 33.8 Å². The van der Waals surface area contributed by atoms with Gasteiger partial charge in [0.2, 0.25) is 0 Å². The number of aldehydes is 1. The summed E-state index contributed by atoms with van der Waals surface area (Å²) in [6, 6.07) is 9.98. The summed E-state index contributed by atoms with van der Waals surface area (Å²) in [5.74, 6) is -1.51. The van der Waals surface area contributed by atoms with Gasteiger partial charge in [0.15, 0.2) is 6.29 Å². The number of carbonyl (C=O) groups excluding carboxylic acids is 1. The molecule has 0 aliphatic rings. The number of halogens is 4. The number of hydrogen-bond donors (Lipinski definition) is 0. The zero-order valence-electron chi connectivity index (χ0n) is 11.4. The van der Waals surface area contributed by atoms with Crippen LogP contribution in [0.1, 0.15) is 10.4 Å². The number of hydrogen-bond acceptors (Lipinski definition) is 2. The third-order valence-electron chi connectivity index (χ3n) is 3.25. The number of nitrogens with zero attached hydrogens (tertiary/aromatic N) is 2. The van der Waals surface area contributed by atoms with Crippen molar-refractivity contribution in [1.82, 2.24) is 9.78 Å². The van der Waals surface area contributed by atoms with Crippen molar-refractivity contribution in [3.05, 3.63) is 69.3 Å². The van der Waals surface area contributed by atoms with Gasteiger partial charge in [-0.15, -0.1) is 0 Å². The van der Waals surface area contributed by atoms with Crippen LogP contribution in [0.3, 0.4) is 0 Å². The van der Waals surface area contributed by atoms with Gasteiger partial charge in [-0.05, 0) is 40.2 Å². The summed E-state index contributed by atoms with van der Waals surface area (Å²) in [6.45, 7) is 0. The first-order valence-electron chi connectivity index (χ1n) is 6.47. The molecule has 0 amide bonds.